The van der Waals surface area contributed by atoms with E-state index in [4.69, 9.17) is 0 Å². The molecule has 0 aromatic heterocycles. The number of carbonyl (C=O) groups excluding carboxylic acids is 1. The largest absolute Gasteiger partial charge is 0.309 e. The van der Waals surface area contributed by atoms with Gasteiger partial charge in [0.15, 0.2) is 5.12 Å². The Kier molecular flexibility index (Phi) is 5.11. The lowest BCUT2D eigenvalue weighted by atomic mass is 10.5. The van der Waals surface area contributed by atoms with Gasteiger partial charge in [-0.25, -0.2) is 0 Å². The van der Waals surface area contributed by atoms with Gasteiger partial charge >= 0.3 is 0 Å². The van der Waals surface area contributed by atoms with Crippen LogP contribution in [0.5, 0.6) is 0 Å². The highest BCUT2D eigenvalue weighted by atomic mass is 32.1. The summed E-state index contributed by atoms with van der Waals surface area (Å²) in [6, 6.07) is 0. The van der Waals surface area contributed by atoms with Crippen LogP contribution in [0, 0.1) is 0 Å². The van der Waals surface area contributed by atoms with E-state index >= 15 is 0 Å². The van der Waals surface area contributed by atoms with Crippen LogP contribution in [-0.2, 0) is 4.79 Å². The highest BCUT2D eigenvalue weighted by molar-refractivity contribution is 7.96. The van der Waals surface area contributed by atoms with E-state index in [2.05, 4.69) is 24.9 Å². The molecule has 0 saturated carbocycles. The van der Waals surface area contributed by atoms with Crippen LogP contribution in [0.4, 0.5) is 0 Å². The van der Waals surface area contributed by atoms with Crippen molar-refractivity contribution in [3.8, 4) is 0 Å². The maximum Gasteiger partial charge on any atom is 0.199 e. The Morgan fingerprint density at radius 2 is 2.38 bits per heavy atom. The molecule has 0 aliphatic carbocycles. The Hall–Kier alpha value is -0.0200. The summed E-state index contributed by atoms with van der Waals surface area (Å²) in [6.07, 6.45) is 1.06. The Morgan fingerprint density at radius 1 is 1.75 bits per heavy atom. The van der Waals surface area contributed by atoms with Crippen molar-refractivity contribution < 1.29 is 4.79 Å². The standard InChI is InChI=1S/C5H11NOS/c1-2-3-6-4-5(7)8/h6H,2-4H2,1H3,(H,7,8). The molecule has 0 unspecified atom stereocenters. The topological polar surface area (TPSA) is 29.1 Å². The van der Waals surface area contributed by atoms with Crippen molar-refractivity contribution in [3.05, 3.63) is 0 Å². The molecule has 0 amide bonds. The molecule has 0 saturated heterocycles. The van der Waals surface area contributed by atoms with E-state index in [0.717, 1.165) is 13.0 Å². The zero-order valence-electron chi connectivity index (χ0n) is 4.98. The fourth-order valence-electron chi connectivity index (χ4n) is 0.372. The van der Waals surface area contributed by atoms with Crippen molar-refractivity contribution in [1.82, 2.24) is 5.32 Å². The van der Waals surface area contributed by atoms with Crippen molar-refractivity contribution in [2.24, 2.45) is 0 Å². The summed E-state index contributed by atoms with van der Waals surface area (Å²) in [5.41, 5.74) is 0. The highest BCUT2D eigenvalue weighted by Crippen LogP contribution is 1.74. The van der Waals surface area contributed by atoms with Crippen molar-refractivity contribution in [1.29, 1.82) is 0 Å². The van der Waals surface area contributed by atoms with E-state index in [0.29, 0.717) is 6.54 Å². The highest BCUT2D eigenvalue weighted by Gasteiger charge is 1.88. The van der Waals surface area contributed by atoms with E-state index in [9.17, 15) is 4.79 Å². The van der Waals surface area contributed by atoms with Crippen molar-refractivity contribution in [2.45, 2.75) is 13.3 Å². The first-order valence-electron chi connectivity index (χ1n) is 2.70. The normalized spacial score (nSPS) is 9.25. The van der Waals surface area contributed by atoms with Gasteiger partial charge in [0.1, 0.15) is 0 Å². The van der Waals surface area contributed by atoms with Gasteiger partial charge in [-0.05, 0) is 13.0 Å². The molecular formula is C5H11NOS. The lowest BCUT2D eigenvalue weighted by Crippen LogP contribution is -2.20. The second-order valence-corrected chi connectivity index (χ2v) is 2.07. The molecule has 8 heavy (non-hydrogen) atoms. The summed E-state index contributed by atoms with van der Waals surface area (Å²) in [4.78, 5) is 10.1. The van der Waals surface area contributed by atoms with Crippen molar-refractivity contribution >= 4 is 17.7 Å². The molecule has 1 N–H and O–H groups in total. The molecule has 0 atom stereocenters. The van der Waals surface area contributed by atoms with Crippen LogP contribution in [0.1, 0.15) is 13.3 Å². The summed E-state index contributed by atoms with van der Waals surface area (Å²) in [5, 5.41) is 2.81. The molecule has 0 fully saturated rings. The summed E-state index contributed by atoms with van der Waals surface area (Å²) in [5.74, 6) is 0. The molecule has 0 aliphatic heterocycles. The third-order valence-electron chi connectivity index (χ3n) is 0.703. The number of hydrogen-bond donors (Lipinski definition) is 2. The molecule has 0 rings (SSSR count). The minimum atomic E-state index is -0.0987. The predicted octanol–water partition coefficient (Wildman–Crippen LogP) is 0.442. The molecule has 0 heterocycles. The monoisotopic (exact) mass is 133 g/mol. The minimum Gasteiger partial charge on any atom is -0.309 e. The zero-order chi connectivity index (χ0) is 6.41. The van der Waals surface area contributed by atoms with Gasteiger partial charge in [-0.2, -0.15) is 0 Å². The van der Waals surface area contributed by atoms with E-state index in [-0.39, 0.29) is 5.12 Å². The van der Waals surface area contributed by atoms with Crippen LogP contribution in [-0.4, -0.2) is 18.2 Å². The quantitative estimate of drug-likeness (QED) is 0.430. The first kappa shape index (κ1) is 7.98. The molecule has 0 aromatic carbocycles. The smallest absolute Gasteiger partial charge is 0.199 e. The van der Waals surface area contributed by atoms with Crippen LogP contribution in [0.15, 0.2) is 0 Å². The van der Waals surface area contributed by atoms with Gasteiger partial charge in [0.25, 0.3) is 0 Å². The Morgan fingerprint density at radius 3 is 2.75 bits per heavy atom. The molecule has 3 heteroatoms. The second kappa shape index (κ2) is 5.12. The Bertz CT molecular complexity index is 74.8. The van der Waals surface area contributed by atoms with Gasteiger partial charge in [0.05, 0.1) is 6.54 Å². The molecule has 0 aromatic rings. The van der Waals surface area contributed by atoms with Gasteiger partial charge in [0, 0.05) is 0 Å². The SMILES string of the molecule is CCCNCC(=O)S. The molecule has 0 bridgehead atoms. The average molecular weight is 133 g/mol. The first-order chi connectivity index (χ1) is 3.77. The number of rotatable bonds is 4. The van der Waals surface area contributed by atoms with Crippen molar-refractivity contribution in [3.63, 3.8) is 0 Å². The third kappa shape index (κ3) is 5.98. The fourth-order valence-corrected chi connectivity index (χ4v) is 0.484. The maximum absolute atomic E-state index is 10.1. The van der Waals surface area contributed by atoms with Crippen LogP contribution in [0.2, 0.25) is 0 Å². The Balaban J connectivity index is 2.82. The van der Waals surface area contributed by atoms with E-state index in [1.807, 2.05) is 0 Å². The maximum atomic E-state index is 10.1. The van der Waals surface area contributed by atoms with Crippen molar-refractivity contribution in [2.75, 3.05) is 13.1 Å². The summed E-state index contributed by atoms with van der Waals surface area (Å²) >= 11 is 3.57. The molecule has 48 valence electrons. The van der Waals surface area contributed by atoms with E-state index in [1.54, 1.807) is 0 Å². The fraction of sp³-hybridized carbons (Fsp3) is 0.800. The van der Waals surface area contributed by atoms with Crippen LogP contribution < -0.4 is 5.32 Å². The van der Waals surface area contributed by atoms with Crippen LogP contribution >= 0.6 is 12.6 Å². The molecule has 0 radical (unpaired) electrons. The zero-order valence-corrected chi connectivity index (χ0v) is 5.87. The molecule has 0 spiro atoms. The van der Waals surface area contributed by atoms with Crippen LogP contribution in [0.25, 0.3) is 0 Å². The van der Waals surface area contributed by atoms with E-state index < -0.39 is 0 Å². The second-order valence-electron chi connectivity index (χ2n) is 1.57. The minimum absolute atomic E-state index is 0.0987. The van der Waals surface area contributed by atoms with Gasteiger partial charge in [-0.3, -0.25) is 4.79 Å². The summed E-state index contributed by atoms with van der Waals surface area (Å²) in [6.45, 7) is 3.33. The number of hydrogen-bond acceptors (Lipinski definition) is 2. The third-order valence-corrected chi connectivity index (χ3v) is 0.861. The molecular weight excluding hydrogens is 122 g/mol. The van der Waals surface area contributed by atoms with Gasteiger partial charge in [0.2, 0.25) is 0 Å². The average Bonchev–Trinajstić information content (AvgIpc) is 1.66. The molecule has 2 nitrogen and oxygen atoms in total. The number of carbonyl (C=O) groups is 1. The summed E-state index contributed by atoms with van der Waals surface area (Å²) in [7, 11) is 0. The lowest BCUT2D eigenvalue weighted by Gasteiger charge is -1.94. The van der Waals surface area contributed by atoms with Gasteiger partial charge in [-0.1, -0.05) is 6.92 Å². The number of thiol groups is 1. The molecule has 0 aliphatic rings. The predicted molar refractivity (Wildman–Crippen MR) is 37.2 cm³/mol. The van der Waals surface area contributed by atoms with Crippen LogP contribution in [0.3, 0.4) is 0 Å². The Labute approximate surface area is 55.1 Å². The lowest BCUT2D eigenvalue weighted by molar-refractivity contribution is -0.110. The van der Waals surface area contributed by atoms with E-state index in [1.165, 1.54) is 0 Å². The first-order valence-corrected chi connectivity index (χ1v) is 3.14. The summed E-state index contributed by atoms with van der Waals surface area (Å²) < 4.78 is 0. The number of nitrogens with one attached hydrogen (secondary N) is 1. The van der Waals surface area contributed by atoms with Gasteiger partial charge in [-0.15, -0.1) is 12.6 Å². The van der Waals surface area contributed by atoms with Gasteiger partial charge < -0.3 is 5.32 Å².